The van der Waals surface area contributed by atoms with Crippen LogP contribution in [0.1, 0.15) is 18.9 Å². The molecule has 0 saturated carbocycles. The monoisotopic (exact) mass is 299 g/mol. The van der Waals surface area contributed by atoms with Crippen LogP contribution in [0.15, 0.2) is 41.7 Å². The van der Waals surface area contributed by atoms with E-state index >= 15 is 0 Å². The summed E-state index contributed by atoms with van der Waals surface area (Å²) in [7, 11) is 0. The van der Waals surface area contributed by atoms with Crippen LogP contribution in [-0.2, 0) is 0 Å². The lowest BCUT2D eigenvalue weighted by Gasteiger charge is -2.22. The van der Waals surface area contributed by atoms with E-state index < -0.39 is 0 Å². The van der Waals surface area contributed by atoms with Gasteiger partial charge in [0.25, 0.3) is 0 Å². The highest BCUT2D eigenvalue weighted by atomic mass is 32.1. The number of nitrogens with zero attached hydrogens (tertiary/aromatic N) is 4. The number of nitrogens with one attached hydrogen (secondary N) is 1. The minimum Gasteiger partial charge on any atom is -0.317 e. The molecule has 0 unspecified atom stereocenters. The maximum atomic E-state index is 4.56. The van der Waals surface area contributed by atoms with E-state index in [1.54, 1.807) is 11.3 Å². The average molecular weight is 299 g/mol. The molecular formula is C15H17N5S. The Morgan fingerprint density at radius 2 is 2.14 bits per heavy atom. The van der Waals surface area contributed by atoms with Gasteiger partial charge in [0.2, 0.25) is 0 Å². The van der Waals surface area contributed by atoms with Crippen LogP contribution in [0.4, 0.5) is 0 Å². The predicted molar refractivity (Wildman–Crippen MR) is 83.8 cm³/mol. The zero-order valence-electron chi connectivity index (χ0n) is 11.6. The second-order valence-electron chi connectivity index (χ2n) is 5.32. The fourth-order valence-corrected chi connectivity index (χ4v) is 3.50. The van der Waals surface area contributed by atoms with Gasteiger partial charge in [-0.3, -0.25) is 9.25 Å². The van der Waals surface area contributed by atoms with Gasteiger partial charge in [0.1, 0.15) is 0 Å². The third-order valence-electron chi connectivity index (χ3n) is 4.00. The molecule has 0 spiro atoms. The quantitative estimate of drug-likeness (QED) is 0.809. The molecule has 21 heavy (non-hydrogen) atoms. The first-order valence-corrected chi connectivity index (χ1v) is 8.16. The Morgan fingerprint density at radius 3 is 2.95 bits per heavy atom. The second-order valence-corrected chi connectivity index (χ2v) is 6.10. The summed E-state index contributed by atoms with van der Waals surface area (Å²) in [5.41, 5.74) is 3.39. The molecule has 0 aromatic carbocycles. The highest BCUT2D eigenvalue weighted by Gasteiger charge is 2.17. The number of rotatable bonds is 3. The molecule has 0 amide bonds. The van der Waals surface area contributed by atoms with Gasteiger partial charge in [0, 0.05) is 17.1 Å². The Hall–Kier alpha value is -1.92. The predicted octanol–water partition coefficient (Wildman–Crippen LogP) is 2.72. The summed E-state index contributed by atoms with van der Waals surface area (Å²) in [4.78, 5) is 4.30. The number of thiophene rings is 1. The van der Waals surface area contributed by atoms with Gasteiger partial charge < -0.3 is 5.32 Å². The largest absolute Gasteiger partial charge is 0.317 e. The fourth-order valence-electron chi connectivity index (χ4n) is 2.85. The first-order chi connectivity index (χ1) is 10.4. The molecular weight excluding hydrogens is 282 g/mol. The summed E-state index contributed by atoms with van der Waals surface area (Å²) >= 11 is 1.70. The number of aromatic nitrogens is 4. The minimum absolute atomic E-state index is 0.508. The van der Waals surface area contributed by atoms with Crippen molar-refractivity contribution in [2.75, 3.05) is 13.1 Å². The van der Waals surface area contributed by atoms with E-state index in [0.29, 0.717) is 6.04 Å². The van der Waals surface area contributed by atoms with Crippen molar-refractivity contribution in [2.45, 2.75) is 18.9 Å². The Bertz CT molecular complexity index is 706. The minimum atomic E-state index is 0.508. The number of imidazole rings is 1. The molecule has 0 atom stereocenters. The average Bonchev–Trinajstić information content (AvgIpc) is 3.27. The molecule has 3 aromatic rings. The Morgan fingerprint density at radius 1 is 1.24 bits per heavy atom. The summed E-state index contributed by atoms with van der Waals surface area (Å²) in [6.45, 7) is 2.15. The lowest BCUT2D eigenvalue weighted by Crippen LogP contribution is -2.29. The normalized spacial score (nSPS) is 16.4. The van der Waals surface area contributed by atoms with Gasteiger partial charge in [-0.15, -0.1) is 0 Å². The van der Waals surface area contributed by atoms with Crippen molar-refractivity contribution in [2.24, 2.45) is 0 Å². The molecule has 1 aliphatic rings. The van der Waals surface area contributed by atoms with Gasteiger partial charge >= 0.3 is 0 Å². The van der Waals surface area contributed by atoms with Crippen LogP contribution in [-0.4, -0.2) is 32.4 Å². The van der Waals surface area contributed by atoms with Crippen LogP contribution in [0.5, 0.6) is 0 Å². The van der Waals surface area contributed by atoms with Crippen LogP contribution in [0, 0.1) is 0 Å². The van der Waals surface area contributed by atoms with Crippen LogP contribution < -0.4 is 5.32 Å². The zero-order valence-corrected chi connectivity index (χ0v) is 12.5. The van der Waals surface area contributed by atoms with E-state index in [2.05, 4.69) is 47.7 Å². The molecule has 1 fully saturated rings. The van der Waals surface area contributed by atoms with E-state index in [1.807, 2.05) is 18.7 Å². The lowest BCUT2D eigenvalue weighted by atomic mass is 10.1. The molecule has 0 bridgehead atoms. The summed E-state index contributed by atoms with van der Waals surface area (Å²) in [5, 5.41) is 12.2. The number of piperidine rings is 1. The molecule has 5 nitrogen and oxygen atoms in total. The first kappa shape index (κ1) is 12.8. The second kappa shape index (κ2) is 5.46. The van der Waals surface area contributed by atoms with Crippen molar-refractivity contribution in [1.82, 2.24) is 24.6 Å². The van der Waals surface area contributed by atoms with Crippen LogP contribution in [0.2, 0.25) is 0 Å². The summed E-state index contributed by atoms with van der Waals surface area (Å²) in [6.07, 6.45) is 10.1. The van der Waals surface area contributed by atoms with Crippen molar-refractivity contribution in [3.05, 3.63) is 41.7 Å². The maximum absolute atomic E-state index is 4.56. The molecule has 0 radical (unpaired) electrons. The molecule has 1 aliphatic heterocycles. The number of hydrogen-bond acceptors (Lipinski definition) is 4. The van der Waals surface area contributed by atoms with Gasteiger partial charge in [-0.2, -0.15) is 16.4 Å². The zero-order chi connectivity index (χ0) is 14.1. The third kappa shape index (κ3) is 2.41. The molecule has 3 aromatic heterocycles. The summed E-state index contributed by atoms with van der Waals surface area (Å²) < 4.78 is 4.21. The fraction of sp³-hybridized carbons (Fsp3) is 0.333. The SMILES string of the molecule is c1cc(-c2cncn2-c2cnn(C3CCNCC3)c2)cs1. The molecule has 108 valence electrons. The number of hydrogen-bond donors (Lipinski definition) is 1. The Labute approximate surface area is 127 Å². The maximum Gasteiger partial charge on any atom is 0.0998 e. The van der Waals surface area contributed by atoms with Gasteiger partial charge in [-0.05, 0) is 37.4 Å². The van der Waals surface area contributed by atoms with E-state index in [0.717, 1.165) is 37.3 Å². The van der Waals surface area contributed by atoms with Crippen molar-refractivity contribution in [3.63, 3.8) is 0 Å². The molecule has 6 heteroatoms. The standard InChI is InChI=1S/C15H17N5S/c1-4-16-5-2-13(1)20-9-14(7-18-20)19-11-17-8-15(19)12-3-6-21-10-12/h3,6-11,13,16H,1-2,4-5H2. The van der Waals surface area contributed by atoms with Gasteiger partial charge in [0.05, 0.1) is 36.1 Å². The van der Waals surface area contributed by atoms with Crippen molar-refractivity contribution >= 4 is 11.3 Å². The van der Waals surface area contributed by atoms with Gasteiger partial charge in [-0.25, -0.2) is 4.98 Å². The summed E-state index contributed by atoms with van der Waals surface area (Å²) in [6, 6.07) is 2.63. The molecule has 1 saturated heterocycles. The van der Waals surface area contributed by atoms with Crippen LogP contribution in [0.3, 0.4) is 0 Å². The van der Waals surface area contributed by atoms with Crippen LogP contribution >= 0.6 is 11.3 Å². The van der Waals surface area contributed by atoms with Crippen molar-refractivity contribution in [1.29, 1.82) is 0 Å². The van der Waals surface area contributed by atoms with Crippen LogP contribution in [0.25, 0.3) is 16.9 Å². The molecule has 1 N–H and O–H groups in total. The van der Waals surface area contributed by atoms with Crippen molar-refractivity contribution < 1.29 is 0 Å². The third-order valence-corrected chi connectivity index (χ3v) is 4.69. The van der Waals surface area contributed by atoms with Crippen molar-refractivity contribution in [3.8, 4) is 16.9 Å². The van der Waals surface area contributed by atoms with E-state index in [-0.39, 0.29) is 0 Å². The lowest BCUT2D eigenvalue weighted by molar-refractivity contribution is 0.343. The first-order valence-electron chi connectivity index (χ1n) is 7.22. The summed E-state index contributed by atoms with van der Waals surface area (Å²) in [5.74, 6) is 0. The highest BCUT2D eigenvalue weighted by Crippen LogP contribution is 2.25. The molecule has 0 aliphatic carbocycles. The van der Waals surface area contributed by atoms with Gasteiger partial charge in [0.15, 0.2) is 0 Å². The Kier molecular flexibility index (Phi) is 3.33. The molecule has 4 heterocycles. The van der Waals surface area contributed by atoms with E-state index in [9.17, 15) is 0 Å². The smallest absolute Gasteiger partial charge is 0.0998 e. The highest BCUT2D eigenvalue weighted by molar-refractivity contribution is 7.08. The topological polar surface area (TPSA) is 47.7 Å². The van der Waals surface area contributed by atoms with E-state index in [4.69, 9.17) is 0 Å². The van der Waals surface area contributed by atoms with Gasteiger partial charge in [-0.1, -0.05) is 0 Å². The Balaban J connectivity index is 1.66. The van der Waals surface area contributed by atoms with E-state index in [1.165, 1.54) is 5.56 Å². The molecule has 4 rings (SSSR count).